The first-order chi connectivity index (χ1) is 11.2. The van der Waals surface area contributed by atoms with Gasteiger partial charge in [-0.1, -0.05) is 30.3 Å². The molecule has 0 amide bonds. The molecule has 2 aromatic rings. The first-order valence-corrected chi connectivity index (χ1v) is 7.52. The summed E-state index contributed by atoms with van der Waals surface area (Å²) in [5, 5.41) is 8.55. The number of unbranched alkanes of at least 4 members (excludes halogenated alkanes) is 1. The van der Waals surface area contributed by atoms with Gasteiger partial charge in [0, 0.05) is 12.5 Å². The molecule has 2 rings (SSSR count). The van der Waals surface area contributed by atoms with Crippen molar-refractivity contribution in [2.24, 2.45) is 0 Å². The van der Waals surface area contributed by atoms with Gasteiger partial charge in [-0.15, -0.1) is 0 Å². The van der Waals surface area contributed by atoms with E-state index in [0.29, 0.717) is 43.1 Å². The Labute approximate surface area is 136 Å². The molecular formula is C19H19NO3. The van der Waals surface area contributed by atoms with Gasteiger partial charge >= 0.3 is 0 Å². The van der Waals surface area contributed by atoms with Gasteiger partial charge in [0.15, 0.2) is 5.78 Å². The maximum absolute atomic E-state index is 11.7. The fraction of sp³-hybridized carbons (Fsp3) is 0.263. The maximum atomic E-state index is 11.7. The molecule has 0 aliphatic rings. The van der Waals surface area contributed by atoms with Crippen LogP contribution in [0.2, 0.25) is 0 Å². The van der Waals surface area contributed by atoms with Gasteiger partial charge in [0.25, 0.3) is 0 Å². The lowest BCUT2D eigenvalue weighted by Gasteiger charge is -2.12. The molecule has 0 bridgehead atoms. The van der Waals surface area contributed by atoms with Gasteiger partial charge in [-0.3, -0.25) is 4.79 Å². The second-order valence-electron chi connectivity index (χ2n) is 5.10. The van der Waals surface area contributed by atoms with Crippen molar-refractivity contribution in [1.82, 2.24) is 0 Å². The molecule has 23 heavy (non-hydrogen) atoms. The monoisotopic (exact) mass is 309 g/mol. The first-order valence-electron chi connectivity index (χ1n) is 7.52. The van der Waals surface area contributed by atoms with Gasteiger partial charge in [-0.05, 0) is 31.0 Å². The lowest BCUT2D eigenvalue weighted by Crippen LogP contribution is -2.04. The van der Waals surface area contributed by atoms with Crippen LogP contribution < -0.4 is 9.47 Å². The molecule has 0 fully saturated rings. The maximum Gasteiger partial charge on any atom is 0.163 e. The van der Waals surface area contributed by atoms with E-state index in [1.54, 1.807) is 18.2 Å². The van der Waals surface area contributed by atoms with E-state index in [1.807, 2.05) is 30.3 Å². The number of carbonyl (C=O) groups is 1. The molecule has 4 heteroatoms. The minimum absolute atomic E-state index is 0.0603. The summed E-state index contributed by atoms with van der Waals surface area (Å²) in [5.74, 6) is 1.09. The number of rotatable bonds is 8. The summed E-state index contributed by atoms with van der Waals surface area (Å²) in [7, 11) is 0. The zero-order valence-corrected chi connectivity index (χ0v) is 13.1. The topological polar surface area (TPSA) is 59.3 Å². The van der Waals surface area contributed by atoms with Crippen LogP contribution in [0.1, 0.15) is 35.7 Å². The second kappa shape index (κ2) is 8.60. The summed E-state index contributed by atoms with van der Waals surface area (Å²) < 4.78 is 11.4. The van der Waals surface area contributed by atoms with Gasteiger partial charge in [0.05, 0.1) is 18.2 Å². The zero-order chi connectivity index (χ0) is 16.5. The van der Waals surface area contributed by atoms with Crippen LogP contribution in [0.25, 0.3) is 0 Å². The molecular weight excluding hydrogens is 290 g/mol. The summed E-state index contributed by atoms with van der Waals surface area (Å²) in [5.41, 5.74) is 1.59. The standard InChI is InChI=1S/C19H19NO3/c1-15(21)18-10-9-17(13-19(18)22-12-6-5-11-20)23-14-16-7-3-2-4-8-16/h2-4,7-10,13H,5-6,12,14H2,1H3. The smallest absolute Gasteiger partial charge is 0.163 e. The van der Waals surface area contributed by atoms with Gasteiger partial charge in [0.2, 0.25) is 0 Å². The summed E-state index contributed by atoms with van der Waals surface area (Å²) in [4.78, 5) is 11.7. The number of hydrogen-bond donors (Lipinski definition) is 0. The van der Waals surface area contributed by atoms with E-state index >= 15 is 0 Å². The summed E-state index contributed by atoms with van der Waals surface area (Å²) in [6.45, 7) is 2.35. The summed E-state index contributed by atoms with van der Waals surface area (Å²) in [6.07, 6.45) is 1.06. The highest BCUT2D eigenvalue weighted by Gasteiger charge is 2.10. The summed E-state index contributed by atoms with van der Waals surface area (Å²) >= 11 is 0. The summed E-state index contributed by atoms with van der Waals surface area (Å²) in [6, 6.07) is 17.1. The van der Waals surface area contributed by atoms with E-state index in [9.17, 15) is 4.79 Å². The molecule has 0 saturated carbocycles. The van der Waals surface area contributed by atoms with Crippen molar-refractivity contribution in [3.8, 4) is 17.6 Å². The molecule has 118 valence electrons. The number of nitriles is 1. The van der Waals surface area contributed by atoms with Crippen molar-refractivity contribution in [1.29, 1.82) is 5.26 Å². The lowest BCUT2D eigenvalue weighted by atomic mass is 10.1. The van der Waals surface area contributed by atoms with Crippen molar-refractivity contribution >= 4 is 5.78 Å². The molecule has 2 aromatic carbocycles. The molecule has 0 atom stereocenters. The second-order valence-corrected chi connectivity index (χ2v) is 5.10. The zero-order valence-electron chi connectivity index (χ0n) is 13.1. The Morgan fingerprint density at radius 2 is 1.91 bits per heavy atom. The minimum Gasteiger partial charge on any atom is -0.493 e. The van der Waals surface area contributed by atoms with E-state index in [4.69, 9.17) is 14.7 Å². The Balaban J connectivity index is 2.05. The number of Topliss-reactive ketones (excluding diaryl/α,β-unsaturated/α-hetero) is 1. The Morgan fingerprint density at radius 3 is 2.61 bits per heavy atom. The van der Waals surface area contributed by atoms with Gasteiger partial charge in [-0.25, -0.2) is 0 Å². The van der Waals surface area contributed by atoms with Crippen molar-refractivity contribution in [2.45, 2.75) is 26.4 Å². The molecule has 0 aromatic heterocycles. The average Bonchev–Trinajstić information content (AvgIpc) is 2.58. The number of hydrogen-bond acceptors (Lipinski definition) is 4. The van der Waals surface area contributed by atoms with E-state index in [2.05, 4.69) is 6.07 Å². The third-order valence-corrected chi connectivity index (χ3v) is 3.27. The van der Waals surface area contributed by atoms with Crippen molar-refractivity contribution < 1.29 is 14.3 Å². The molecule has 0 spiro atoms. The predicted octanol–water partition coefficient (Wildman–Crippen LogP) is 4.15. The third-order valence-electron chi connectivity index (χ3n) is 3.27. The molecule has 4 nitrogen and oxygen atoms in total. The van der Waals surface area contributed by atoms with E-state index in [0.717, 1.165) is 5.56 Å². The van der Waals surface area contributed by atoms with Gasteiger partial charge in [-0.2, -0.15) is 5.26 Å². The molecule has 0 heterocycles. The van der Waals surface area contributed by atoms with Crippen LogP contribution in [-0.2, 0) is 6.61 Å². The highest BCUT2D eigenvalue weighted by Crippen LogP contribution is 2.26. The Bertz CT molecular complexity index is 690. The number of carbonyl (C=O) groups excluding carboxylic acids is 1. The number of ketones is 1. The van der Waals surface area contributed by atoms with Crippen LogP contribution in [0.3, 0.4) is 0 Å². The Morgan fingerprint density at radius 1 is 1.13 bits per heavy atom. The fourth-order valence-corrected chi connectivity index (χ4v) is 2.08. The average molecular weight is 309 g/mol. The first kappa shape index (κ1) is 16.6. The normalized spacial score (nSPS) is 9.91. The van der Waals surface area contributed by atoms with Crippen LogP contribution in [-0.4, -0.2) is 12.4 Å². The van der Waals surface area contributed by atoms with Crippen LogP contribution in [0, 0.1) is 11.3 Å². The third kappa shape index (κ3) is 5.15. The predicted molar refractivity (Wildman–Crippen MR) is 87.6 cm³/mol. The van der Waals surface area contributed by atoms with Crippen LogP contribution in [0.15, 0.2) is 48.5 Å². The van der Waals surface area contributed by atoms with Crippen molar-refractivity contribution in [3.63, 3.8) is 0 Å². The minimum atomic E-state index is -0.0603. The van der Waals surface area contributed by atoms with E-state index in [-0.39, 0.29) is 5.78 Å². The quantitative estimate of drug-likeness (QED) is 0.543. The van der Waals surface area contributed by atoms with Gasteiger partial charge in [0.1, 0.15) is 18.1 Å². The fourth-order valence-electron chi connectivity index (χ4n) is 2.08. The Hall–Kier alpha value is -2.80. The SMILES string of the molecule is CC(=O)c1ccc(OCc2ccccc2)cc1OCCCC#N. The molecule has 0 radical (unpaired) electrons. The number of nitrogens with zero attached hydrogens (tertiary/aromatic N) is 1. The van der Waals surface area contributed by atoms with E-state index in [1.165, 1.54) is 6.92 Å². The molecule has 0 N–H and O–H groups in total. The van der Waals surface area contributed by atoms with Crippen LogP contribution in [0.5, 0.6) is 11.5 Å². The molecule has 0 unspecified atom stereocenters. The van der Waals surface area contributed by atoms with Crippen molar-refractivity contribution in [2.75, 3.05) is 6.61 Å². The van der Waals surface area contributed by atoms with Crippen LogP contribution in [0.4, 0.5) is 0 Å². The number of ether oxygens (including phenoxy) is 2. The lowest BCUT2D eigenvalue weighted by molar-refractivity contribution is 0.101. The van der Waals surface area contributed by atoms with Crippen LogP contribution >= 0.6 is 0 Å². The highest BCUT2D eigenvalue weighted by molar-refractivity contribution is 5.97. The molecule has 0 aliphatic heterocycles. The van der Waals surface area contributed by atoms with Crippen molar-refractivity contribution in [3.05, 3.63) is 59.7 Å². The van der Waals surface area contributed by atoms with E-state index < -0.39 is 0 Å². The Kier molecular flexibility index (Phi) is 6.19. The number of benzene rings is 2. The molecule has 0 saturated heterocycles. The van der Waals surface area contributed by atoms with Gasteiger partial charge < -0.3 is 9.47 Å². The molecule has 0 aliphatic carbocycles. The highest BCUT2D eigenvalue weighted by atomic mass is 16.5. The largest absolute Gasteiger partial charge is 0.493 e.